The van der Waals surface area contributed by atoms with E-state index in [1.165, 1.54) is 19.3 Å². The van der Waals surface area contributed by atoms with E-state index in [0.717, 1.165) is 34.7 Å². The smallest absolute Gasteiger partial charge is 0.0847 e. The molecule has 1 aromatic rings. The van der Waals surface area contributed by atoms with Crippen LogP contribution < -0.4 is 5.73 Å². The van der Waals surface area contributed by atoms with Crippen LogP contribution >= 0.6 is 11.6 Å². The Hall–Kier alpha value is -0.540. The third kappa shape index (κ3) is 2.00. The summed E-state index contributed by atoms with van der Waals surface area (Å²) in [5.41, 5.74) is 8.34. The van der Waals surface area contributed by atoms with Crippen LogP contribution in [0, 0.1) is 24.7 Å². The molecule has 2 N–H and O–H groups in total. The quantitative estimate of drug-likeness (QED) is 0.898. The fraction of sp³-hybridized carbons (Fsp3) is 0.769. The van der Waals surface area contributed by atoms with Crippen molar-refractivity contribution in [1.29, 1.82) is 0 Å². The fourth-order valence-corrected chi connectivity index (χ4v) is 3.64. The molecular weight excluding hydrogens is 234 g/mol. The van der Waals surface area contributed by atoms with Gasteiger partial charge in [0.15, 0.2) is 0 Å². The molecule has 3 atom stereocenters. The van der Waals surface area contributed by atoms with Crippen LogP contribution in [0.1, 0.15) is 30.7 Å². The van der Waals surface area contributed by atoms with Crippen molar-refractivity contribution in [1.82, 2.24) is 9.78 Å². The minimum absolute atomic E-state index is 0.245. The Kier molecular flexibility index (Phi) is 2.71. The van der Waals surface area contributed by atoms with E-state index in [0.29, 0.717) is 5.92 Å². The number of fused-ring (bicyclic) bond motifs is 1. The highest BCUT2D eigenvalue weighted by molar-refractivity contribution is 6.31. The molecule has 2 aliphatic carbocycles. The van der Waals surface area contributed by atoms with Crippen molar-refractivity contribution in [2.24, 2.45) is 30.5 Å². The number of aromatic nitrogens is 2. The van der Waals surface area contributed by atoms with Crippen LogP contribution in [0.4, 0.5) is 0 Å². The normalized spacial score (nSPS) is 32.6. The molecule has 0 spiro atoms. The van der Waals surface area contributed by atoms with E-state index in [9.17, 15) is 0 Å². The zero-order valence-corrected chi connectivity index (χ0v) is 11.2. The SMILES string of the molecule is Cc1nn(C)c(CC(N)C2CC3CC3C2)c1Cl. The van der Waals surface area contributed by atoms with Gasteiger partial charge in [-0.2, -0.15) is 5.10 Å². The first kappa shape index (κ1) is 11.5. The van der Waals surface area contributed by atoms with Gasteiger partial charge >= 0.3 is 0 Å². The Bertz CT molecular complexity index is 430. The lowest BCUT2D eigenvalue weighted by atomic mass is 9.92. The van der Waals surface area contributed by atoms with Crippen molar-refractivity contribution in [3.05, 3.63) is 16.4 Å². The highest BCUT2D eigenvalue weighted by Gasteiger charge is 2.47. The molecular formula is C13H20ClN3. The predicted octanol–water partition coefficient (Wildman–Crippen LogP) is 2.30. The van der Waals surface area contributed by atoms with Crippen molar-refractivity contribution in [3.8, 4) is 0 Å². The number of rotatable bonds is 3. The number of halogens is 1. The first-order chi connectivity index (χ1) is 8.06. The van der Waals surface area contributed by atoms with Crippen molar-refractivity contribution in [2.45, 2.75) is 38.6 Å². The van der Waals surface area contributed by atoms with Crippen LogP contribution in [-0.4, -0.2) is 15.8 Å². The molecule has 2 fully saturated rings. The molecule has 2 aliphatic rings. The van der Waals surface area contributed by atoms with Gasteiger partial charge in [-0.1, -0.05) is 11.6 Å². The third-order valence-corrected chi connectivity index (χ3v) is 5.07. The number of hydrogen-bond acceptors (Lipinski definition) is 2. The number of nitrogens with zero attached hydrogens (tertiary/aromatic N) is 2. The molecule has 0 bridgehead atoms. The van der Waals surface area contributed by atoms with Crippen molar-refractivity contribution in [2.75, 3.05) is 0 Å². The molecule has 3 rings (SSSR count). The molecule has 1 heterocycles. The average molecular weight is 254 g/mol. The predicted molar refractivity (Wildman–Crippen MR) is 69.0 cm³/mol. The lowest BCUT2D eigenvalue weighted by molar-refractivity contribution is 0.387. The van der Waals surface area contributed by atoms with E-state index < -0.39 is 0 Å². The summed E-state index contributed by atoms with van der Waals surface area (Å²) in [6.07, 6.45) is 4.98. The molecule has 17 heavy (non-hydrogen) atoms. The van der Waals surface area contributed by atoms with Crippen molar-refractivity contribution >= 4 is 11.6 Å². The summed E-state index contributed by atoms with van der Waals surface area (Å²) in [5, 5.41) is 5.14. The van der Waals surface area contributed by atoms with Gasteiger partial charge in [-0.25, -0.2) is 0 Å². The Morgan fingerprint density at radius 1 is 1.41 bits per heavy atom. The van der Waals surface area contributed by atoms with E-state index in [2.05, 4.69) is 5.10 Å². The number of aryl methyl sites for hydroxylation is 2. The monoisotopic (exact) mass is 253 g/mol. The third-order valence-electron chi connectivity index (χ3n) is 4.58. The van der Waals surface area contributed by atoms with Crippen molar-refractivity contribution in [3.63, 3.8) is 0 Å². The molecule has 3 unspecified atom stereocenters. The summed E-state index contributed by atoms with van der Waals surface area (Å²) >= 11 is 6.26. The van der Waals surface area contributed by atoms with Gasteiger partial charge in [-0.15, -0.1) is 0 Å². The van der Waals surface area contributed by atoms with Gasteiger partial charge in [-0.05, 0) is 43.9 Å². The van der Waals surface area contributed by atoms with Crippen LogP contribution in [0.25, 0.3) is 0 Å². The number of nitrogens with two attached hydrogens (primary N) is 1. The molecule has 0 aromatic carbocycles. The maximum absolute atomic E-state index is 6.34. The summed E-state index contributed by atoms with van der Waals surface area (Å²) < 4.78 is 1.88. The second kappa shape index (κ2) is 3.99. The topological polar surface area (TPSA) is 43.8 Å². The summed E-state index contributed by atoms with van der Waals surface area (Å²) in [6.45, 7) is 1.95. The first-order valence-corrected chi connectivity index (χ1v) is 6.87. The van der Waals surface area contributed by atoms with E-state index in [4.69, 9.17) is 17.3 Å². The second-order valence-corrected chi connectivity index (χ2v) is 6.20. The lowest BCUT2D eigenvalue weighted by Crippen LogP contribution is -2.32. The van der Waals surface area contributed by atoms with Crippen LogP contribution in [0.2, 0.25) is 5.02 Å². The summed E-state index contributed by atoms with van der Waals surface area (Å²) in [6, 6.07) is 0.245. The van der Waals surface area contributed by atoms with E-state index in [1.807, 2.05) is 18.7 Å². The molecule has 1 aromatic heterocycles. The maximum atomic E-state index is 6.34. The van der Waals surface area contributed by atoms with Gasteiger partial charge in [-0.3, -0.25) is 4.68 Å². The zero-order chi connectivity index (χ0) is 12.2. The van der Waals surface area contributed by atoms with Gasteiger partial charge in [0.25, 0.3) is 0 Å². The largest absolute Gasteiger partial charge is 0.327 e. The minimum Gasteiger partial charge on any atom is -0.327 e. The van der Waals surface area contributed by atoms with Gasteiger partial charge < -0.3 is 5.73 Å². The second-order valence-electron chi connectivity index (χ2n) is 5.83. The fourth-order valence-electron chi connectivity index (χ4n) is 3.40. The Morgan fingerprint density at radius 2 is 2.06 bits per heavy atom. The van der Waals surface area contributed by atoms with Crippen LogP contribution in [0.3, 0.4) is 0 Å². The van der Waals surface area contributed by atoms with Crippen LogP contribution in [0.5, 0.6) is 0 Å². The van der Waals surface area contributed by atoms with Gasteiger partial charge in [0.2, 0.25) is 0 Å². The summed E-state index contributed by atoms with van der Waals surface area (Å²) in [7, 11) is 1.95. The molecule has 0 radical (unpaired) electrons. The molecule has 0 saturated heterocycles. The molecule has 4 heteroatoms. The van der Waals surface area contributed by atoms with Gasteiger partial charge in [0.05, 0.1) is 16.4 Å². The van der Waals surface area contributed by atoms with Gasteiger partial charge in [0, 0.05) is 19.5 Å². The molecule has 2 saturated carbocycles. The lowest BCUT2D eigenvalue weighted by Gasteiger charge is -2.20. The number of hydrogen-bond donors (Lipinski definition) is 1. The maximum Gasteiger partial charge on any atom is 0.0847 e. The van der Waals surface area contributed by atoms with E-state index in [-0.39, 0.29) is 6.04 Å². The average Bonchev–Trinajstić information content (AvgIpc) is 2.83. The standard InChI is InChI=1S/C13H20ClN3/c1-7-13(14)12(17(2)16-7)6-11(15)10-4-8-3-9(8)5-10/h8-11H,3-6,15H2,1-2H3. The summed E-state index contributed by atoms with van der Waals surface area (Å²) in [5.74, 6) is 2.69. The molecule has 0 aliphatic heterocycles. The molecule has 3 nitrogen and oxygen atoms in total. The summed E-state index contributed by atoms with van der Waals surface area (Å²) in [4.78, 5) is 0. The van der Waals surface area contributed by atoms with Crippen molar-refractivity contribution < 1.29 is 0 Å². The highest BCUT2D eigenvalue weighted by Crippen LogP contribution is 2.55. The van der Waals surface area contributed by atoms with E-state index >= 15 is 0 Å². The van der Waals surface area contributed by atoms with E-state index in [1.54, 1.807) is 0 Å². The minimum atomic E-state index is 0.245. The van der Waals surface area contributed by atoms with Crippen LogP contribution in [-0.2, 0) is 13.5 Å². The highest BCUT2D eigenvalue weighted by atomic mass is 35.5. The molecule has 0 amide bonds. The Balaban J connectivity index is 1.69. The first-order valence-electron chi connectivity index (χ1n) is 6.49. The zero-order valence-electron chi connectivity index (χ0n) is 10.5. The van der Waals surface area contributed by atoms with Gasteiger partial charge in [0.1, 0.15) is 0 Å². The Labute approximate surface area is 107 Å². The molecule has 94 valence electrons. The Morgan fingerprint density at radius 3 is 2.59 bits per heavy atom. The van der Waals surface area contributed by atoms with Crippen LogP contribution in [0.15, 0.2) is 0 Å².